The Hall–Kier alpha value is -1.66. The van der Waals surface area contributed by atoms with Crippen LogP contribution in [0.1, 0.15) is 23.7 Å². The monoisotopic (exact) mass is 271 g/mol. The van der Waals surface area contributed by atoms with Gasteiger partial charge in [-0.15, -0.1) is 0 Å². The molecule has 0 fully saturated rings. The van der Waals surface area contributed by atoms with E-state index in [-0.39, 0.29) is 22.3 Å². The molecule has 1 amide bonds. The van der Waals surface area contributed by atoms with Crippen LogP contribution in [-0.4, -0.2) is 23.4 Å². The molecule has 0 bridgehead atoms. The number of nitrogens with two attached hydrogens (primary N) is 1. The van der Waals surface area contributed by atoms with Gasteiger partial charge in [0.15, 0.2) is 0 Å². The van der Waals surface area contributed by atoms with E-state index in [2.05, 4.69) is 5.32 Å². The first kappa shape index (κ1) is 14.4. The number of nitrogens with zero attached hydrogens (tertiary/aromatic N) is 1. The maximum Gasteiger partial charge on any atom is 0.270 e. The molecule has 1 atom stereocenters. The highest BCUT2D eigenvalue weighted by atomic mass is 35.5. The number of benzene rings is 1. The minimum absolute atomic E-state index is 0.0779. The summed E-state index contributed by atoms with van der Waals surface area (Å²) in [6, 6.07) is 3.58. The second kappa shape index (κ2) is 6.32. The third-order valence-electron chi connectivity index (χ3n) is 2.45. The van der Waals surface area contributed by atoms with Crippen molar-refractivity contribution in [3.05, 3.63) is 38.9 Å². The molecule has 1 unspecified atom stereocenters. The van der Waals surface area contributed by atoms with Gasteiger partial charge in [0.25, 0.3) is 11.6 Å². The smallest absolute Gasteiger partial charge is 0.270 e. The van der Waals surface area contributed by atoms with Crippen molar-refractivity contribution in [3.8, 4) is 0 Å². The van der Waals surface area contributed by atoms with Crippen LogP contribution >= 0.6 is 11.6 Å². The number of nitro benzene ring substituents is 1. The Labute approximate surface area is 109 Å². The molecule has 3 N–H and O–H groups in total. The lowest BCUT2D eigenvalue weighted by atomic mass is 10.1. The van der Waals surface area contributed by atoms with E-state index in [0.717, 1.165) is 12.5 Å². The van der Waals surface area contributed by atoms with Gasteiger partial charge >= 0.3 is 0 Å². The Bertz CT molecular complexity index is 465. The molecule has 1 aromatic rings. The molecular formula is C11H14ClN3O3. The number of rotatable bonds is 5. The van der Waals surface area contributed by atoms with Gasteiger partial charge in [0.05, 0.1) is 15.5 Å². The summed E-state index contributed by atoms with van der Waals surface area (Å²) < 4.78 is 0. The van der Waals surface area contributed by atoms with E-state index in [9.17, 15) is 14.9 Å². The van der Waals surface area contributed by atoms with Gasteiger partial charge in [-0.2, -0.15) is 0 Å². The third-order valence-corrected chi connectivity index (χ3v) is 2.78. The van der Waals surface area contributed by atoms with E-state index in [1.807, 2.05) is 6.92 Å². The topological polar surface area (TPSA) is 98.3 Å². The van der Waals surface area contributed by atoms with Gasteiger partial charge < -0.3 is 11.1 Å². The standard InChI is InChI=1S/C11H14ClN3O3/c1-2-7(13)6-14-11(16)9-5-8(15(17)18)3-4-10(9)12/h3-5,7H,2,6,13H2,1H3,(H,14,16). The van der Waals surface area contributed by atoms with Crippen LogP contribution in [0.2, 0.25) is 5.02 Å². The summed E-state index contributed by atoms with van der Waals surface area (Å²) in [7, 11) is 0. The number of carbonyl (C=O) groups is 1. The number of amides is 1. The van der Waals surface area contributed by atoms with Gasteiger partial charge in [-0.3, -0.25) is 14.9 Å². The minimum atomic E-state index is -0.578. The highest BCUT2D eigenvalue weighted by molar-refractivity contribution is 6.33. The minimum Gasteiger partial charge on any atom is -0.350 e. The van der Waals surface area contributed by atoms with E-state index in [0.29, 0.717) is 6.54 Å². The average molecular weight is 272 g/mol. The lowest BCUT2D eigenvalue weighted by Crippen LogP contribution is -2.36. The van der Waals surface area contributed by atoms with Crippen LogP contribution in [0.15, 0.2) is 18.2 Å². The third kappa shape index (κ3) is 3.68. The number of halogens is 1. The van der Waals surface area contributed by atoms with Crippen LogP contribution in [0, 0.1) is 10.1 Å². The van der Waals surface area contributed by atoms with Gasteiger partial charge in [-0.1, -0.05) is 18.5 Å². The molecular weight excluding hydrogens is 258 g/mol. The Morgan fingerprint density at radius 2 is 2.28 bits per heavy atom. The van der Waals surface area contributed by atoms with E-state index in [4.69, 9.17) is 17.3 Å². The number of hydrogen-bond acceptors (Lipinski definition) is 4. The number of carbonyl (C=O) groups excluding carboxylic acids is 1. The molecule has 6 nitrogen and oxygen atoms in total. The molecule has 0 aliphatic heterocycles. The summed E-state index contributed by atoms with van der Waals surface area (Å²) in [4.78, 5) is 21.8. The molecule has 7 heteroatoms. The lowest BCUT2D eigenvalue weighted by Gasteiger charge is -2.10. The second-order valence-corrected chi connectivity index (χ2v) is 4.21. The van der Waals surface area contributed by atoms with E-state index < -0.39 is 10.8 Å². The Balaban J connectivity index is 2.84. The van der Waals surface area contributed by atoms with E-state index >= 15 is 0 Å². The fourth-order valence-electron chi connectivity index (χ4n) is 1.26. The summed E-state index contributed by atoms with van der Waals surface area (Å²) in [6.07, 6.45) is 0.725. The molecule has 1 rings (SSSR count). The lowest BCUT2D eigenvalue weighted by molar-refractivity contribution is -0.384. The van der Waals surface area contributed by atoms with Crippen molar-refractivity contribution in [1.29, 1.82) is 0 Å². The maximum atomic E-state index is 11.8. The molecule has 0 aliphatic carbocycles. The highest BCUT2D eigenvalue weighted by Gasteiger charge is 2.15. The number of nitro groups is 1. The highest BCUT2D eigenvalue weighted by Crippen LogP contribution is 2.21. The van der Waals surface area contributed by atoms with Crippen LogP contribution in [0.5, 0.6) is 0 Å². The molecule has 18 heavy (non-hydrogen) atoms. The van der Waals surface area contributed by atoms with Gasteiger partial charge in [-0.25, -0.2) is 0 Å². The number of non-ortho nitro benzene ring substituents is 1. The van der Waals surface area contributed by atoms with Gasteiger partial charge in [0.2, 0.25) is 0 Å². The molecule has 1 aromatic carbocycles. The van der Waals surface area contributed by atoms with Crippen LogP contribution in [0.3, 0.4) is 0 Å². The molecule has 0 saturated heterocycles. The Morgan fingerprint density at radius 3 is 2.83 bits per heavy atom. The van der Waals surface area contributed by atoms with E-state index in [1.54, 1.807) is 0 Å². The first-order chi connectivity index (χ1) is 8.45. The molecule has 0 spiro atoms. The predicted octanol–water partition coefficient (Wildman–Crippen LogP) is 1.72. The van der Waals surface area contributed by atoms with Gasteiger partial charge in [0, 0.05) is 24.7 Å². The summed E-state index contributed by atoms with van der Waals surface area (Å²) >= 11 is 5.83. The zero-order chi connectivity index (χ0) is 13.7. The van der Waals surface area contributed by atoms with Crippen LogP contribution in [-0.2, 0) is 0 Å². The quantitative estimate of drug-likeness (QED) is 0.629. The van der Waals surface area contributed by atoms with Crippen molar-refractivity contribution >= 4 is 23.2 Å². The first-order valence-electron chi connectivity index (χ1n) is 5.43. The van der Waals surface area contributed by atoms with Crippen LogP contribution in [0.25, 0.3) is 0 Å². The van der Waals surface area contributed by atoms with Crippen molar-refractivity contribution < 1.29 is 9.72 Å². The molecule has 0 radical (unpaired) electrons. The Kier molecular flexibility index (Phi) is 5.06. The summed E-state index contributed by atoms with van der Waals surface area (Å²) in [5, 5.41) is 13.4. The molecule has 0 heterocycles. The summed E-state index contributed by atoms with van der Waals surface area (Å²) in [5.74, 6) is -0.465. The summed E-state index contributed by atoms with van der Waals surface area (Å²) in [5.41, 5.74) is 5.56. The van der Waals surface area contributed by atoms with Crippen LogP contribution < -0.4 is 11.1 Å². The molecule has 0 saturated carbocycles. The normalized spacial score (nSPS) is 11.9. The molecule has 98 valence electrons. The van der Waals surface area contributed by atoms with Crippen molar-refractivity contribution in [2.24, 2.45) is 5.73 Å². The predicted molar refractivity (Wildman–Crippen MR) is 68.7 cm³/mol. The van der Waals surface area contributed by atoms with Crippen molar-refractivity contribution in [1.82, 2.24) is 5.32 Å². The molecule has 0 aliphatic rings. The average Bonchev–Trinajstić information content (AvgIpc) is 2.35. The zero-order valence-electron chi connectivity index (χ0n) is 9.85. The first-order valence-corrected chi connectivity index (χ1v) is 5.81. The van der Waals surface area contributed by atoms with Gasteiger partial charge in [0.1, 0.15) is 0 Å². The fraction of sp³-hybridized carbons (Fsp3) is 0.364. The number of hydrogen-bond donors (Lipinski definition) is 2. The van der Waals surface area contributed by atoms with Crippen molar-refractivity contribution in [3.63, 3.8) is 0 Å². The maximum absolute atomic E-state index is 11.8. The second-order valence-electron chi connectivity index (χ2n) is 3.80. The largest absolute Gasteiger partial charge is 0.350 e. The van der Waals surface area contributed by atoms with Crippen molar-refractivity contribution in [2.75, 3.05) is 6.54 Å². The number of nitrogens with one attached hydrogen (secondary N) is 1. The van der Waals surface area contributed by atoms with Gasteiger partial charge in [-0.05, 0) is 12.5 Å². The van der Waals surface area contributed by atoms with Crippen molar-refractivity contribution in [2.45, 2.75) is 19.4 Å². The fourth-order valence-corrected chi connectivity index (χ4v) is 1.47. The zero-order valence-corrected chi connectivity index (χ0v) is 10.6. The van der Waals surface area contributed by atoms with E-state index in [1.165, 1.54) is 12.1 Å². The Morgan fingerprint density at radius 1 is 1.61 bits per heavy atom. The van der Waals surface area contributed by atoms with Crippen LogP contribution in [0.4, 0.5) is 5.69 Å². The molecule has 0 aromatic heterocycles. The SMILES string of the molecule is CCC(N)CNC(=O)c1cc([N+](=O)[O-])ccc1Cl. The summed E-state index contributed by atoms with van der Waals surface area (Å²) in [6.45, 7) is 2.20.